The molecule has 22 heteroatoms. The summed E-state index contributed by atoms with van der Waals surface area (Å²) in [6, 6.07) is 11.3. The number of likely N-dealkylation sites (tertiary alicyclic amines) is 1. The van der Waals surface area contributed by atoms with Gasteiger partial charge in [-0.2, -0.15) is 0 Å². The van der Waals surface area contributed by atoms with E-state index in [2.05, 4.69) is 16.0 Å². The van der Waals surface area contributed by atoms with Crippen LogP contribution in [0.2, 0.25) is 0 Å². The maximum atomic E-state index is 15.4. The summed E-state index contributed by atoms with van der Waals surface area (Å²) in [6.45, 7) is 5.02. The molecule has 0 bridgehead atoms. The Balaban J connectivity index is 0.748. The standard InChI is InChI=1S/C61H71FN6O15/c1-4-61(80)46-29-50-56-44(33-68(50)59(78)45(46)34-83-60(61)79)55-48(17-16-43-36(3)47(62)30-49(66-56)54(43)55)65-52(74)14-8-12-41(71)31-64-57(76)38(27-37-10-6-5-7-11-37)28-42(72)32-63-51(73)18-15-40(70)20-23-82-25-24-81-22-9-13-39(69)19-21-67-53(75)26-35(2)58(67)77/h5-7,10-11,29-30,35,38,48,80H,4,8-9,12-28,31-34H2,1-3H3,(H,63,73)(H,64,76)(H,65,74)/t35?,38-,48+,61+/m1/s1. The lowest BCUT2D eigenvalue weighted by atomic mass is 9.81. The summed E-state index contributed by atoms with van der Waals surface area (Å²) in [5.41, 5.74) is 2.16. The number of cyclic esters (lactones) is 1. The van der Waals surface area contributed by atoms with Crippen LogP contribution < -0.4 is 21.5 Å². The average molecular weight is 1150 g/mol. The molecule has 0 saturated carbocycles. The number of nitrogens with one attached hydrogen (secondary N) is 3. The SMILES string of the molecule is CC[C@@]1(O)C(=O)OCc2c1cc1n(c2=O)Cc2c-1nc1cc(F)c(C)c3c1c2[C@@H](NC(=O)CCCC(=O)CNC(=O)[C@@H](CC(=O)CNC(=O)CCC(=O)CCOCCOCCCC(=O)CCN1C(=O)CC(C)C1=O)Cc1ccccc1)CC3. The fraction of sp³-hybridized carbons (Fsp3) is 0.508. The van der Waals surface area contributed by atoms with Gasteiger partial charge < -0.3 is 39.8 Å². The molecular formula is C61H71FN6O15. The molecule has 2 aromatic carbocycles. The van der Waals surface area contributed by atoms with E-state index >= 15 is 4.39 Å². The van der Waals surface area contributed by atoms with Crippen LogP contribution in [0.4, 0.5) is 4.39 Å². The second kappa shape index (κ2) is 27.6. The number of imide groups is 1. The van der Waals surface area contributed by atoms with Crippen LogP contribution in [0.3, 0.4) is 0 Å². The van der Waals surface area contributed by atoms with Crippen LogP contribution >= 0.6 is 0 Å². The monoisotopic (exact) mass is 1150 g/mol. The van der Waals surface area contributed by atoms with Crippen LogP contribution in [0.5, 0.6) is 0 Å². The van der Waals surface area contributed by atoms with E-state index in [0.29, 0.717) is 64.9 Å². The predicted molar refractivity (Wildman–Crippen MR) is 296 cm³/mol. The van der Waals surface area contributed by atoms with Crippen molar-refractivity contribution in [1.29, 1.82) is 0 Å². The summed E-state index contributed by atoms with van der Waals surface area (Å²) in [5, 5.41) is 20.4. The number of pyridine rings is 2. The van der Waals surface area contributed by atoms with Crippen molar-refractivity contribution in [3.63, 3.8) is 0 Å². The molecule has 1 fully saturated rings. The number of hydrogen-bond acceptors (Lipinski definition) is 16. The molecule has 1 saturated heterocycles. The molecule has 1 aliphatic carbocycles. The van der Waals surface area contributed by atoms with Crippen LogP contribution in [0.1, 0.15) is 142 Å². The molecule has 83 heavy (non-hydrogen) atoms. The quantitative estimate of drug-likeness (QED) is 0.0273. The number of ketones is 4. The number of carbonyl (C=O) groups excluding carboxylic acids is 10. The topological polar surface area (TPSA) is 293 Å². The van der Waals surface area contributed by atoms with E-state index in [1.807, 2.05) is 6.07 Å². The third-order valence-electron chi connectivity index (χ3n) is 16.0. The Kier molecular flexibility index (Phi) is 20.4. The summed E-state index contributed by atoms with van der Waals surface area (Å²) in [4.78, 5) is 147. The summed E-state index contributed by atoms with van der Waals surface area (Å²) in [7, 11) is 0. The van der Waals surface area contributed by atoms with Gasteiger partial charge in [0.15, 0.2) is 17.2 Å². The van der Waals surface area contributed by atoms with Crippen LogP contribution in [-0.2, 0) is 93.8 Å². The zero-order valence-corrected chi connectivity index (χ0v) is 47.1. The molecule has 442 valence electrons. The van der Waals surface area contributed by atoms with Gasteiger partial charge in [-0.25, -0.2) is 14.2 Å². The second-order valence-electron chi connectivity index (χ2n) is 21.9. The molecule has 1 unspecified atom stereocenters. The minimum Gasteiger partial charge on any atom is -0.458 e. The highest BCUT2D eigenvalue weighted by Gasteiger charge is 2.46. The third-order valence-corrected chi connectivity index (χ3v) is 16.0. The van der Waals surface area contributed by atoms with Gasteiger partial charge in [0, 0.05) is 105 Å². The Morgan fingerprint density at radius 3 is 2.28 bits per heavy atom. The van der Waals surface area contributed by atoms with Gasteiger partial charge in [0.1, 0.15) is 24.0 Å². The van der Waals surface area contributed by atoms with Crippen LogP contribution in [0.25, 0.3) is 22.3 Å². The van der Waals surface area contributed by atoms with E-state index in [1.54, 1.807) is 51.1 Å². The first-order valence-electron chi connectivity index (χ1n) is 28.5. The van der Waals surface area contributed by atoms with Crippen LogP contribution in [0, 0.1) is 24.6 Å². The third kappa shape index (κ3) is 14.6. The van der Waals surface area contributed by atoms with E-state index in [0.717, 1.165) is 16.0 Å². The molecule has 5 heterocycles. The number of rotatable bonds is 31. The zero-order chi connectivity index (χ0) is 59.5. The van der Waals surface area contributed by atoms with Gasteiger partial charge in [-0.3, -0.25) is 52.8 Å². The van der Waals surface area contributed by atoms with Crippen molar-refractivity contribution in [2.45, 2.75) is 142 Å². The molecular weight excluding hydrogens is 1080 g/mol. The first kappa shape index (κ1) is 61.4. The fourth-order valence-electron chi connectivity index (χ4n) is 11.3. The van der Waals surface area contributed by atoms with Gasteiger partial charge in [0.25, 0.3) is 5.56 Å². The van der Waals surface area contributed by atoms with E-state index in [-0.39, 0.29) is 182 Å². The number of benzene rings is 2. The highest BCUT2D eigenvalue weighted by molar-refractivity contribution is 6.03. The molecule has 5 amide bonds. The normalized spacial score (nSPS) is 18.0. The van der Waals surface area contributed by atoms with Crippen molar-refractivity contribution >= 4 is 69.5 Å². The Labute approximate surface area is 478 Å². The molecule has 2 aromatic heterocycles. The molecule has 3 aliphatic heterocycles. The minimum absolute atomic E-state index is 0.0411. The number of ether oxygens (including phenoxy) is 3. The van der Waals surface area contributed by atoms with Crippen molar-refractivity contribution in [2.75, 3.05) is 46.1 Å². The van der Waals surface area contributed by atoms with Gasteiger partial charge in [0.2, 0.25) is 29.5 Å². The Hall–Kier alpha value is -7.69. The fourth-order valence-corrected chi connectivity index (χ4v) is 11.3. The molecule has 0 spiro atoms. The molecule has 4 N–H and O–H groups in total. The van der Waals surface area contributed by atoms with E-state index < -0.39 is 52.5 Å². The maximum Gasteiger partial charge on any atom is 0.343 e. The first-order chi connectivity index (χ1) is 39.8. The van der Waals surface area contributed by atoms with Crippen LogP contribution in [-0.4, -0.2) is 124 Å². The van der Waals surface area contributed by atoms with Gasteiger partial charge >= 0.3 is 5.97 Å². The van der Waals surface area contributed by atoms with Crippen molar-refractivity contribution in [2.24, 2.45) is 11.8 Å². The number of Topliss-reactive ketones (excluding diaryl/α,β-unsaturated/α-hetero) is 4. The van der Waals surface area contributed by atoms with Crippen LogP contribution in [0.15, 0.2) is 47.3 Å². The number of hydrogen-bond donors (Lipinski definition) is 4. The largest absolute Gasteiger partial charge is 0.458 e. The lowest BCUT2D eigenvalue weighted by molar-refractivity contribution is -0.172. The minimum atomic E-state index is -2.05. The number of halogens is 1. The Morgan fingerprint density at radius 1 is 0.819 bits per heavy atom. The maximum absolute atomic E-state index is 15.4. The Morgan fingerprint density at radius 2 is 1.54 bits per heavy atom. The number of esters is 1. The second-order valence-corrected chi connectivity index (χ2v) is 21.9. The number of carbonyl (C=O) groups is 10. The van der Waals surface area contributed by atoms with Gasteiger partial charge in [0.05, 0.1) is 68.0 Å². The van der Waals surface area contributed by atoms with E-state index in [9.17, 15) is 57.8 Å². The van der Waals surface area contributed by atoms with Crippen molar-refractivity contribution in [3.8, 4) is 11.4 Å². The number of amides is 5. The van der Waals surface area contributed by atoms with Gasteiger partial charge in [-0.05, 0) is 73.8 Å². The highest BCUT2D eigenvalue weighted by Crippen LogP contribution is 2.46. The summed E-state index contributed by atoms with van der Waals surface area (Å²) >= 11 is 0. The molecule has 8 rings (SSSR count). The van der Waals surface area contributed by atoms with Gasteiger partial charge in [-0.1, -0.05) is 44.2 Å². The van der Waals surface area contributed by atoms with Crippen molar-refractivity contribution < 1.29 is 71.7 Å². The van der Waals surface area contributed by atoms with Crippen molar-refractivity contribution in [1.82, 2.24) is 30.4 Å². The number of nitrogens with zero attached hydrogens (tertiary/aromatic N) is 3. The molecule has 4 atom stereocenters. The lowest BCUT2D eigenvalue weighted by Crippen LogP contribution is -2.44. The Bertz CT molecular complexity index is 3290. The van der Waals surface area contributed by atoms with Crippen molar-refractivity contribution in [3.05, 3.63) is 97.6 Å². The molecule has 0 radical (unpaired) electrons. The zero-order valence-electron chi connectivity index (χ0n) is 47.1. The highest BCUT2D eigenvalue weighted by atomic mass is 19.1. The lowest BCUT2D eigenvalue weighted by Gasteiger charge is -2.31. The number of aromatic nitrogens is 2. The van der Waals surface area contributed by atoms with Gasteiger partial charge in [-0.15, -0.1) is 0 Å². The smallest absolute Gasteiger partial charge is 0.343 e. The summed E-state index contributed by atoms with van der Waals surface area (Å²) < 4.78 is 33.1. The molecule has 4 aliphatic rings. The number of fused-ring (bicyclic) bond motifs is 5. The molecule has 21 nitrogen and oxygen atoms in total. The predicted octanol–water partition coefficient (Wildman–Crippen LogP) is 4.33. The summed E-state index contributed by atoms with van der Waals surface area (Å²) in [6.07, 6.45) is 1.65. The first-order valence-corrected chi connectivity index (χ1v) is 28.5. The average Bonchev–Trinajstić information content (AvgIpc) is 3.85. The number of aliphatic hydroxyl groups is 1. The van der Waals surface area contributed by atoms with E-state index in [4.69, 9.17) is 19.2 Å². The molecule has 4 aromatic rings. The summed E-state index contributed by atoms with van der Waals surface area (Å²) in [5.74, 6) is -5.50. The number of aryl methyl sites for hydroxylation is 1. The van der Waals surface area contributed by atoms with E-state index in [1.165, 1.54) is 10.6 Å².